The SMILES string of the molecule is CC(C)(C)[Si](C)(C)OCC(O)c1cc(F)c(F)c(F)c1. The van der Waals surface area contributed by atoms with Crippen LogP contribution in [0.25, 0.3) is 0 Å². The van der Waals surface area contributed by atoms with Crippen LogP contribution in [0, 0.1) is 17.5 Å². The Balaban J connectivity index is 2.80. The molecule has 0 aliphatic heterocycles. The second-order valence-electron chi connectivity index (χ2n) is 6.39. The molecule has 0 spiro atoms. The lowest BCUT2D eigenvalue weighted by atomic mass is 10.1. The molecule has 114 valence electrons. The van der Waals surface area contributed by atoms with Crippen LogP contribution < -0.4 is 0 Å². The van der Waals surface area contributed by atoms with Gasteiger partial charge in [-0.2, -0.15) is 0 Å². The van der Waals surface area contributed by atoms with E-state index in [1.54, 1.807) is 0 Å². The summed E-state index contributed by atoms with van der Waals surface area (Å²) >= 11 is 0. The Morgan fingerprint density at radius 2 is 1.60 bits per heavy atom. The van der Waals surface area contributed by atoms with Gasteiger partial charge in [0.25, 0.3) is 0 Å². The summed E-state index contributed by atoms with van der Waals surface area (Å²) in [6.07, 6.45) is -1.19. The van der Waals surface area contributed by atoms with Crippen LogP contribution in [0.3, 0.4) is 0 Å². The minimum absolute atomic E-state index is 0.0277. The van der Waals surface area contributed by atoms with E-state index in [1.807, 2.05) is 33.9 Å². The Kier molecular flexibility index (Phi) is 5.05. The maximum Gasteiger partial charge on any atom is 0.194 e. The van der Waals surface area contributed by atoms with Gasteiger partial charge in [0.1, 0.15) is 6.10 Å². The fourth-order valence-electron chi connectivity index (χ4n) is 1.37. The molecule has 1 aromatic rings. The van der Waals surface area contributed by atoms with Crippen LogP contribution in [0.5, 0.6) is 0 Å². The fraction of sp³-hybridized carbons (Fsp3) is 0.571. The zero-order chi connectivity index (χ0) is 15.7. The number of halogens is 3. The lowest BCUT2D eigenvalue weighted by Crippen LogP contribution is -2.41. The minimum atomic E-state index is -2.06. The molecule has 0 radical (unpaired) electrons. The average Bonchev–Trinajstić information content (AvgIpc) is 2.31. The first kappa shape index (κ1) is 17.2. The van der Waals surface area contributed by atoms with Crippen molar-refractivity contribution in [2.24, 2.45) is 0 Å². The normalized spacial score (nSPS) is 14.4. The topological polar surface area (TPSA) is 29.5 Å². The van der Waals surface area contributed by atoms with Gasteiger partial charge in [-0.3, -0.25) is 0 Å². The van der Waals surface area contributed by atoms with E-state index in [4.69, 9.17) is 4.43 Å². The summed E-state index contributed by atoms with van der Waals surface area (Å²) in [6, 6.07) is 1.58. The van der Waals surface area contributed by atoms with Crippen molar-refractivity contribution in [3.05, 3.63) is 35.1 Å². The molecule has 0 fully saturated rings. The fourth-order valence-corrected chi connectivity index (χ4v) is 2.38. The first-order valence-electron chi connectivity index (χ1n) is 6.42. The van der Waals surface area contributed by atoms with Gasteiger partial charge in [0.15, 0.2) is 25.8 Å². The van der Waals surface area contributed by atoms with E-state index < -0.39 is 31.9 Å². The molecule has 0 saturated carbocycles. The second-order valence-corrected chi connectivity index (χ2v) is 11.2. The number of aliphatic hydroxyl groups excluding tert-OH is 1. The zero-order valence-corrected chi connectivity index (χ0v) is 13.4. The molecule has 1 N–H and O–H groups in total. The van der Waals surface area contributed by atoms with Gasteiger partial charge in [0.2, 0.25) is 0 Å². The van der Waals surface area contributed by atoms with Crippen molar-refractivity contribution in [3.63, 3.8) is 0 Å². The Morgan fingerprint density at radius 3 is 2.00 bits per heavy atom. The van der Waals surface area contributed by atoms with E-state index in [0.717, 1.165) is 12.1 Å². The van der Waals surface area contributed by atoms with Crippen LogP contribution in [0.1, 0.15) is 32.4 Å². The molecule has 6 heteroatoms. The van der Waals surface area contributed by atoms with Crippen molar-refractivity contribution < 1.29 is 22.7 Å². The third-order valence-electron chi connectivity index (χ3n) is 3.80. The predicted molar refractivity (Wildman–Crippen MR) is 74.4 cm³/mol. The minimum Gasteiger partial charge on any atom is -0.414 e. The van der Waals surface area contributed by atoms with Gasteiger partial charge in [0, 0.05) is 0 Å². The molecule has 0 bridgehead atoms. The molecular formula is C14H21F3O2Si. The molecule has 20 heavy (non-hydrogen) atoms. The lowest BCUT2D eigenvalue weighted by Gasteiger charge is -2.36. The van der Waals surface area contributed by atoms with Gasteiger partial charge in [-0.05, 0) is 35.8 Å². The van der Waals surface area contributed by atoms with Gasteiger partial charge in [-0.1, -0.05) is 20.8 Å². The summed E-state index contributed by atoms with van der Waals surface area (Å²) in [5, 5.41) is 9.90. The van der Waals surface area contributed by atoms with Gasteiger partial charge in [-0.25, -0.2) is 13.2 Å². The number of benzene rings is 1. The van der Waals surface area contributed by atoms with Crippen LogP contribution in [0.2, 0.25) is 18.1 Å². The van der Waals surface area contributed by atoms with E-state index in [0.29, 0.717) is 0 Å². The summed E-state index contributed by atoms with van der Waals surface area (Å²) < 4.78 is 44.8. The summed E-state index contributed by atoms with van der Waals surface area (Å²) in [6.45, 7) is 10.1. The highest BCUT2D eigenvalue weighted by molar-refractivity contribution is 6.74. The highest BCUT2D eigenvalue weighted by Gasteiger charge is 2.37. The molecule has 0 amide bonds. The van der Waals surface area contributed by atoms with Crippen molar-refractivity contribution in [2.75, 3.05) is 6.61 Å². The van der Waals surface area contributed by atoms with Gasteiger partial charge >= 0.3 is 0 Å². The Morgan fingerprint density at radius 1 is 1.15 bits per heavy atom. The first-order chi connectivity index (χ1) is 8.95. The van der Waals surface area contributed by atoms with Gasteiger partial charge in [-0.15, -0.1) is 0 Å². The molecule has 1 atom stereocenters. The average molecular weight is 306 g/mol. The van der Waals surface area contributed by atoms with E-state index >= 15 is 0 Å². The van der Waals surface area contributed by atoms with Crippen molar-refractivity contribution in [2.45, 2.75) is 45.0 Å². The van der Waals surface area contributed by atoms with Crippen molar-refractivity contribution in [3.8, 4) is 0 Å². The molecule has 1 unspecified atom stereocenters. The van der Waals surface area contributed by atoms with Crippen molar-refractivity contribution in [1.82, 2.24) is 0 Å². The molecule has 2 nitrogen and oxygen atoms in total. The number of hydrogen-bond acceptors (Lipinski definition) is 2. The Bertz CT molecular complexity index is 461. The number of aliphatic hydroxyl groups is 1. The molecule has 0 heterocycles. The Hall–Kier alpha value is -0.853. The monoisotopic (exact) mass is 306 g/mol. The molecule has 0 aliphatic carbocycles. The van der Waals surface area contributed by atoms with Gasteiger partial charge < -0.3 is 9.53 Å². The molecule has 1 aromatic carbocycles. The van der Waals surface area contributed by atoms with E-state index in [2.05, 4.69) is 0 Å². The summed E-state index contributed by atoms with van der Waals surface area (Å²) in [7, 11) is -2.06. The van der Waals surface area contributed by atoms with Crippen molar-refractivity contribution in [1.29, 1.82) is 0 Å². The zero-order valence-electron chi connectivity index (χ0n) is 12.4. The van der Waals surface area contributed by atoms with Crippen LogP contribution in [-0.4, -0.2) is 20.0 Å². The Labute approximate surface area is 118 Å². The number of hydrogen-bond donors (Lipinski definition) is 1. The molecule has 0 saturated heterocycles. The summed E-state index contributed by atoms with van der Waals surface area (Å²) in [5.41, 5.74) is -0.0277. The van der Waals surface area contributed by atoms with E-state index in [9.17, 15) is 18.3 Å². The summed E-state index contributed by atoms with van der Waals surface area (Å²) in [5.74, 6) is -4.16. The van der Waals surface area contributed by atoms with Crippen LogP contribution in [0.15, 0.2) is 12.1 Å². The first-order valence-corrected chi connectivity index (χ1v) is 9.33. The van der Waals surface area contributed by atoms with Crippen LogP contribution >= 0.6 is 0 Å². The smallest absolute Gasteiger partial charge is 0.194 e. The number of rotatable bonds is 4. The van der Waals surface area contributed by atoms with Gasteiger partial charge in [0.05, 0.1) is 6.61 Å². The summed E-state index contributed by atoms with van der Waals surface area (Å²) in [4.78, 5) is 0. The van der Waals surface area contributed by atoms with Crippen LogP contribution in [0.4, 0.5) is 13.2 Å². The third-order valence-corrected chi connectivity index (χ3v) is 8.30. The quantitative estimate of drug-likeness (QED) is 0.668. The second kappa shape index (κ2) is 5.87. The van der Waals surface area contributed by atoms with E-state index in [1.165, 1.54) is 0 Å². The third kappa shape index (κ3) is 3.83. The lowest BCUT2D eigenvalue weighted by molar-refractivity contribution is 0.0996. The van der Waals surface area contributed by atoms with Crippen LogP contribution in [-0.2, 0) is 4.43 Å². The maximum absolute atomic E-state index is 13.1. The standard InChI is InChI=1S/C14H21F3O2Si/c1-14(2,3)20(4,5)19-8-12(18)9-6-10(15)13(17)11(16)7-9/h6-7,12,18H,8H2,1-5H3. The predicted octanol–water partition coefficient (Wildman–Crippen LogP) is 4.16. The highest BCUT2D eigenvalue weighted by atomic mass is 28.4. The van der Waals surface area contributed by atoms with Crippen molar-refractivity contribution >= 4 is 8.32 Å². The molecule has 1 rings (SSSR count). The molecular weight excluding hydrogens is 285 g/mol. The highest BCUT2D eigenvalue weighted by Crippen LogP contribution is 2.37. The molecule has 0 aromatic heterocycles. The molecule has 0 aliphatic rings. The largest absolute Gasteiger partial charge is 0.414 e. The van der Waals surface area contributed by atoms with E-state index in [-0.39, 0.29) is 17.2 Å². The maximum atomic E-state index is 13.1.